The predicted octanol–water partition coefficient (Wildman–Crippen LogP) is 3.25. The van der Waals surface area contributed by atoms with Crippen molar-refractivity contribution in [1.82, 2.24) is 9.88 Å². The molecule has 0 bridgehead atoms. The van der Waals surface area contributed by atoms with E-state index in [9.17, 15) is 0 Å². The lowest BCUT2D eigenvalue weighted by atomic mass is 10.0. The van der Waals surface area contributed by atoms with Gasteiger partial charge in [-0.3, -0.25) is 0 Å². The second-order valence-electron chi connectivity index (χ2n) is 4.32. The lowest BCUT2D eigenvalue weighted by Crippen LogP contribution is -2.12. The molecule has 1 unspecified atom stereocenters. The van der Waals surface area contributed by atoms with Crippen LogP contribution in [0.5, 0.6) is 0 Å². The Morgan fingerprint density at radius 1 is 1.38 bits per heavy atom. The third kappa shape index (κ3) is 1.63. The van der Waals surface area contributed by atoms with E-state index in [1.807, 2.05) is 7.05 Å². The first kappa shape index (κ1) is 11.2. The van der Waals surface area contributed by atoms with Gasteiger partial charge in [0.2, 0.25) is 0 Å². The molecule has 2 nitrogen and oxygen atoms in total. The molecule has 2 aromatic rings. The zero-order valence-corrected chi connectivity index (χ0v) is 10.5. The average Bonchev–Trinajstić information content (AvgIpc) is 2.63. The van der Waals surface area contributed by atoms with Gasteiger partial charge in [-0.25, -0.2) is 0 Å². The highest BCUT2D eigenvalue weighted by molar-refractivity contribution is 5.85. The minimum absolute atomic E-state index is 0.399. The van der Waals surface area contributed by atoms with E-state index in [4.69, 9.17) is 0 Å². The zero-order chi connectivity index (χ0) is 11.7. The Morgan fingerprint density at radius 2 is 2.12 bits per heavy atom. The summed E-state index contributed by atoms with van der Waals surface area (Å²) in [6, 6.07) is 9.26. The fourth-order valence-electron chi connectivity index (χ4n) is 2.39. The summed E-state index contributed by atoms with van der Waals surface area (Å²) in [7, 11) is 2.01. The Kier molecular flexibility index (Phi) is 3.01. The van der Waals surface area contributed by atoms with Crippen LogP contribution in [0.25, 0.3) is 10.9 Å². The van der Waals surface area contributed by atoms with Crippen molar-refractivity contribution in [3.8, 4) is 0 Å². The summed E-state index contributed by atoms with van der Waals surface area (Å²) in [5.74, 6) is 0. The van der Waals surface area contributed by atoms with E-state index in [-0.39, 0.29) is 0 Å². The van der Waals surface area contributed by atoms with E-state index >= 15 is 0 Å². The molecule has 0 saturated carbocycles. The Hall–Kier alpha value is -1.28. The quantitative estimate of drug-likeness (QED) is 0.833. The van der Waals surface area contributed by atoms with E-state index < -0.39 is 0 Å². The van der Waals surface area contributed by atoms with Crippen LogP contribution in [-0.2, 0) is 6.54 Å². The van der Waals surface area contributed by atoms with Crippen molar-refractivity contribution in [2.45, 2.75) is 33.4 Å². The number of nitrogens with one attached hydrogen (secondary N) is 1. The molecule has 0 amide bonds. The second kappa shape index (κ2) is 4.30. The van der Waals surface area contributed by atoms with Gasteiger partial charge < -0.3 is 9.88 Å². The molecule has 86 valence electrons. The van der Waals surface area contributed by atoms with Gasteiger partial charge >= 0.3 is 0 Å². The van der Waals surface area contributed by atoms with Crippen LogP contribution in [0.1, 0.15) is 31.1 Å². The number of hydrogen-bond donors (Lipinski definition) is 1. The SMILES string of the molecule is CCn1c(C)cc2c(C(C)NC)cccc21. The second-order valence-corrected chi connectivity index (χ2v) is 4.32. The highest BCUT2D eigenvalue weighted by Crippen LogP contribution is 2.27. The predicted molar refractivity (Wildman–Crippen MR) is 69.8 cm³/mol. The van der Waals surface area contributed by atoms with Crippen LogP contribution in [0.15, 0.2) is 24.3 Å². The van der Waals surface area contributed by atoms with Gasteiger partial charge in [-0.2, -0.15) is 0 Å². The molecule has 16 heavy (non-hydrogen) atoms. The Balaban J connectivity index is 2.69. The van der Waals surface area contributed by atoms with Crippen LogP contribution in [0.3, 0.4) is 0 Å². The van der Waals surface area contributed by atoms with Gasteiger partial charge in [-0.1, -0.05) is 12.1 Å². The molecular formula is C14H20N2. The first-order valence-electron chi connectivity index (χ1n) is 5.95. The number of aryl methyl sites for hydroxylation is 2. The van der Waals surface area contributed by atoms with E-state index in [0.29, 0.717) is 6.04 Å². The van der Waals surface area contributed by atoms with Crippen molar-refractivity contribution in [2.24, 2.45) is 0 Å². The summed E-state index contributed by atoms with van der Waals surface area (Å²) in [6.07, 6.45) is 0. The van der Waals surface area contributed by atoms with Crippen LogP contribution >= 0.6 is 0 Å². The van der Waals surface area contributed by atoms with Crippen molar-refractivity contribution in [3.05, 3.63) is 35.5 Å². The molecular weight excluding hydrogens is 196 g/mol. The minimum Gasteiger partial charge on any atom is -0.345 e. The minimum atomic E-state index is 0.399. The molecule has 0 aliphatic carbocycles. The molecule has 0 fully saturated rings. The summed E-state index contributed by atoms with van der Waals surface area (Å²) in [5.41, 5.74) is 4.07. The molecule has 0 saturated heterocycles. The van der Waals surface area contributed by atoms with Gasteiger partial charge in [-0.05, 0) is 45.5 Å². The van der Waals surface area contributed by atoms with E-state index in [0.717, 1.165) is 6.54 Å². The molecule has 0 spiro atoms. The molecule has 2 rings (SSSR count). The van der Waals surface area contributed by atoms with Crippen molar-refractivity contribution < 1.29 is 0 Å². The molecule has 1 N–H and O–H groups in total. The summed E-state index contributed by atoms with van der Waals surface area (Å²) in [5, 5.41) is 4.69. The summed E-state index contributed by atoms with van der Waals surface area (Å²) in [6.45, 7) is 7.61. The largest absolute Gasteiger partial charge is 0.345 e. The Bertz CT molecular complexity index is 497. The molecule has 0 radical (unpaired) electrons. The molecule has 1 heterocycles. The first-order chi connectivity index (χ1) is 7.69. The average molecular weight is 216 g/mol. The number of benzene rings is 1. The smallest absolute Gasteiger partial charge is 0.0485 e. The number of nitrogens with zero attached hydrogens (tertiary/aromatic N) is 1. The summed E-state index contributed by atoms with van der Waals surface area (Å²) >= 11 is 0. The van der Waals surface area contributed by atoms with E-state index in [1.165, 1.54) is 22.2 Å². The lowest BCUT2D eigenvalue weighted by Gasteiger charge is -2.12. The molecule has 0 aliphatic rings. The van der Waals surface area contributed by atoms with Crippen LogP contribution in [0.4, 0.5) is 0 Å². The van der Waals surface area contributed by atoms with Crippen molar-refractivity contribution in [2.75, 3.05) is 7.05 Å². The van der Waals surface area contributed by atoms with Crippen LogP contribution in [0.2, 0.25) is 0 Å². The fourth-order valence-corrected chi connectivity index (χ4v) is 2.39. The summed E-state index contributed by atoms with van der Waals surface area (Å²) in [4.78, 5) is 0. The maximum Gasteiger partial charge on any atom is 0.0485 e. The van der Waals surface area contributed by atoms with Crippen molar-refractivity contribution in [1.29, 1.82) is 0 Å². The number of fused-ring (bicyclic) bond motifs is 1. The third-order valence-corrected chi connectivity index (χ3v) is 3.40. The zero-order valence-electron chi connectivity index (χ0n) is 10.5. The van der Waals surface area contributed by atoms with Crippen LogP contribution in [-0.4, -0.2) is 11.6 Å². The normalized spacial score (nSPS) is 13.2. The topological polar surface area (TPSA) is 17.0 Å². The van der Waals surface area contributed by atoms with Gasteiger partial charge in [0.05, 0.1) is 0 Å². The lowest BCUT2D eigenvalue weighted by molar-refractivity contribution is 0.657. The van der Waals surface area contributed by atoms with Crippen molar-refractivity contribution in [3.63, 3.8) is 0 Å². The van der Waals surface area contributed by atoms with Gasteiger partial charge in [0.15, 0.2) is 0 Å². The number of aromatic nitrogens is 1. The number of rotatable bonds is 3. The van der Waals surface area contributed by atoms with Gasteiger partial charge in [0, 0.05) is 29.2 Å². The molecule has 2 heteroatoms. The van der Waals surface area contributed by atoms with Crippen LogP contribution in [0, 0.1) is 6.92 Å². The third-order valence-electron chi connectivity index (χ3n) is 3.40. The first-order valence-corrected chi connectivity index (χ1v) is 5.95. The van der Waals surface area contributed by atoms with Crippen LogP contribution < -0.4 is 5.32 Å². The molecule has 1 atom stereocenters. The van der Waals surface area contributed by atoms with Gasteiger partial charge in [0.1, 0.15) is 0 Å². The van der Waals surface area contributed by atoms with Crippen molar-refractivity contribution >= 4 is 10.9 Å². The maximum atomic E-state index is 3.31. The summed E-state index contributed by atoms with van der Waals surface area (Å²) < 4.78 is 2.36. The Labute approximate surface area is 97.3 Å². The molecule has 1 aromatic heterocycles. The van der Waals surface area contributed by atoms with E-state index in [2.05, 4.69) is 54.9 Å². The maximum absolute atomic E-state index is 3.31. The highest BCUT2D eigenvalue weighted by Gasteiger charge is 2.11. The van der Waals surface area contributed by atoms with E-state index in [1.54, 1.807) is 0 Å². The highest BCUT2D eigenvalue weighted by atomic mass is 15.0. The Morgan fingerprint density at radius 3 is 2.75 bits per heavy atom. The standard InChI is InChI=1S/C14H20N2/c1-5-16-10(2)9-13-12(11(3)15-4)7-6-8-14(13)16/h6-9,11,15H,5H2,1-4H3. The number of hydrogen-bond acceptors (Lipinski definition) is 1. The molecule has 0 aliphatic heterocycles. The van der Waals surface area contributed by atoms with Gasteiger partial charge in [-0.15, -0.1) is 0 Å². The van der Waals surface area contributed by atoms with Gasteiger partial charge in [0.25, 0.3) is 0 Å². The fraction of sp³-hybridized carbons (Fsp3) is 0.429. The molecule has 1 aromatic carbocycles. The monoisotopic (exact) mass is 216 g/mol.